The van der Waals surface area contributed by atoms with Gasteiger partial charge in [-0.3, -0.25) is 4.79 Å². The molecule has 0 unspecified atom stereocenters. The summed E-state index contributed by atoms with van der Waals surface area (Å²) in [7, 11) is 0. The van der Waals surface area contributed by atoms with Gasteiger partial charge >= 0.3 is 0 Å². The molecule has 1 N–H and O–H groups in total. The van der Waals surface area contributed by atoms with Crippen LogP contribution in [-0.4, -0.2) is 34.2 Å². The number of ether oxygens (including phenoxy) is 1. The van der Waals surface area contributed by atoms with Crippen LogP contribution in [0.2, 0.25) is 0 Å². The maximum absolute atomic E-state index is 12.2. The minimum atomic E-state index is -0.808. The van der Waals surface area contributed by atoms with E-state index in [-0.39, 0.29) is 5.91 Å². The van der Waals surface area contributed by atoms with E-state index >= 15 is 0 Å². The maximum atomic E-state index is 12.2. The molecule has 5 nitrogen and oxygen atoms in total. The Morgan fingerprint density at radius 3 is 2.95 bits per heavy atom. The van der Waals surface area contributed by atoms with Crippen molar-refractivity contribution >= 4 is 17.2 Å². The standard InChI is InChI=1S/C15H18N2O3S/c1-15(2)14(19)12(17-6-4-3-5-11(17)18)13-10(20-15)7-9(8-16)21-13/h7,12,14,19H,3-6H2,1-2H3/t12-,14+/m1/s1. The monoisotopic (exact) mass is 306 g/mol. The van der Waals surface area contributed by atoms with Crippen LogP contribution in [0.15, 0.2) is 6.07 Å². The van der Waals surface area contributed by atoms with Gasteiger partial charge in [0.1, 0.15) is 28.4 Å². The zero-order valence-corrected chi connectivity index (χ0v) is 12.9. The number of hydrogen-bond acceptors (Lipinski definition) is 5. The zero-order chi connectivity index (χ0) is 15.2. The molecule has 0 aromatic carbocycles. The van der Waals surface area contributed by atoms with E-state index in [4.69, 9.17) is 10.00 Å². The second-order valence-corrected chi connectivity index (χ2v) is 7.17. The molecule has 1 aromatic heterocycles. The third-order valence-corrected chi connectivity index (χ3v) is 5.28. The predicted octanol–water partition coefficient (Wildman–Crippen LogP) is 2.21. The Balaban J connectivity index is 2.07. The number of carbonyl (C=O) groups is 1. The van der Waals surface area contributed by atoms with Gasteiger partial charge in [-0.15, -0.1) is 11.3 Å². The Labute approximate surface area is 127 Å². The largest absolute Gasteiger partial charge is 0.484 e. The number of amides is 1. The molecule has 1 aromatic rings. The van der Waals surface area contributed by atoms with Gasteiger partial charge in [-0.2, -0.15) is 5.26 Å². The summed E-state index contributed by atoms with van der Waals surface area (Å²) < 4.78 is 5.84. The van der Waals surface area contributed by atoms with Crippen molar-refractivity contribution in [1.82, 2.24) is 4.90 Å². The van der Waals surface area contributed by atoms with Crippen LogP contribution >= 0.6 is 11.3 Å². The molecule has 6 heteroatoms. The van der Waals surface area contributed by atoms with E-state index in [1.54, 1.807) is 11.0 Å². The number of carbonyl (C=O) groups excluding carboxylic acids is 1. The third-order valence-electron chi connectivity index (χ3n) is 4.18. The molecule has 3 heterocycles. The molecule has 1 amide bonds. The van der Waals surface area contributed by atoms with Gasteiger partial charge in [-0.25, -0.2) is 0 Å². The van der Waals surface area contributed by atoms with Gasteiger partial charge in [-0.05, 0) is 26.7 Å². The predicted molar refractivity (Wildman–Crippen MR) is 78.1 cm³/mol. The second-order valence-electron chi connectivity index (χ2n) is 6.09. The van der Waals surface area contributed by atoms with E-state index in [0.717, 1.165) is 17.7 Å². The summed E-state index contributed by atoms with van der Waals surface area (Å²) in [5.41, 5.74) is -0.788. The fourth-order valence-corrected chi connectivity index (χ4v) is 4.06. The minimum Gasteiger partial charge on any atom is -0.484 e. The number of nitriles is 1. The lowest BCUT2D eigenvalue weighted by Crippen LogP contribution is -2.55. The lowest BCUT2D eigenvalue weighted by Gasteiger charge is -2.46. The SMILES string of the molecule is CC1(C)Oc2cc(C#N)sc2[C@@H](N2CCCCC2=O)[C@@H]1O. The highest BCUT2D eigenvalue weighted by atomic mass is 32.1. The number of aliphatic hydroxyl groups excluding tert-OH is 1. The molecule has 0 aliphatic carbocycles. The van der Waals surface area contributed by atoms with Gasteiger partial charge in [0.05, 0.1) is 10.9 Å². The summed E-state index contributed by atoms with van der Waals surface area (Å²) >= 11 is 1.30. The molecule has 1 saturated heterocycles. The van der Waals surface area contributed by atoms with Crippen molar-refractivity contribution < 1.29 is 14.6 Å². The topological polar surface area (TPSA) is 73.6 Å². The smallest absolute Gasteiger partial charge is 0.223 e. The lowest BCUT2D eigenvalue weighted by molar-refractivity contribution is -0.146. The van der Waals surface area contributed by atoms with E-state index in [1.807, 2.05) is 13.8 Å². The third kappa shape index (κ3) is 2.30. The van der Waals surface area contributed by atoms with Crippen LogP contribution in [-0.2, 0) is 4.79 Å². The number of hydrogen-bond donors (Lipinski definition) is 1. The number of nitrogens with zero attached hydrogens (tertiary/aromatic N) is 2. The normalized spacial score (nSPS) is 27.7. The highest BCUT2D eigenvalue weighted by Crippen LogP contribution is 2.47. The molecule has 1 fully saturated rings. The first-order valence-electron chi connectivity index (χ1n) is 7.14. The summed E-state index contributed by atoms with van der Waals surface area (Å²) in [6, 6.07) is 3.40. The first kappa shape index (κ1) is 14.4. The van der Waals surface area contributed by atoms with Crippen molar-refractivity contribution in [2.45, 2.75) is 50.9 Å². The van der Waals surface area contributed by atoms with Crippen LogP contribution in [0.3, 0.4) is 0 Å². The number of rotatable bonds is 1. The average Bonchev–Trinajstić information content (AvgIpc) is 2.83. The quantitative estimate of drug-likeness (QED) is 0.863. The van der Waals surface area contributed by atoms with Gasteiger partial charge in [-0.1, -0.05) is 0 Å². The van der Waals surface area contributed by atoms with E-state index in [0.29, 0.717) is 23.6 Å². The van der Waals surface area contributed by atoms with Crippen molar-refractivity contribution in [2.24, 2.45) is 0 Å². The molecule has 2 aliphatic heterocycles. The summed E-state index contributed by atoms with van der Waals surface area (Å²) in [6.45, 7) is 4.27. The van der Waals surface area contributed by atoms with Crippen molar-refractivity contribution in [1.29, 1.82) is 5.26 Å². The number of thiophene rings is 1. The molecule has 3 rings (SSSR count). The van der Waals surface area contributed by atoms with Crippen molar-refractivity contribution in [3.63, 3.8) is 0 Å². The number of fused-ring (bicyclic) bond motifs is 1. The van der Waals surface area contributed by atoms with Crippen LogP contribution < -0.4 is 4.74 Å². The van der Waals surface area contributed by atoms with E-state index in [2.05, 4.69) is 6.07 Å². The van der Waals surface area contributed by atoms with Crippen LogP contribution in [0.25, 0.3) is 0 Å². The van der Waals surface area contributed by atoms with Crippen LogP contribution in [0.5, 0.6) is 5.75 Å². The van der Waals surface area contributed by atoms with Gasteiger partial charge in [0.15, 0.2) is 0 Å². The van der Waals surface area contributed by atoms with Gasteiger partial charge in [0, 0.05) is 19.0 Å². The lowest BCUT2D eigenvalue weighted by atomic mass is 9.88. The Hall–Kier alpha value is -1.58. The maximum Gasteiger partial charge on any atom is 0.223 e. The molecule has 2 atom stereocenters. The van der Waals surface area contributed by atoms with Crippen molar-refractivity contribution in [3.05, 3.63) is 15.8 Å². The molecular weight excluding hydrogens is 288 g/mol. The Kier molecular flexibility index (Phi) is 3.42. The van der Waals surface area contributed by atoms with Crippen molar-refractivity contribution in [2.75, 3.05) is 6.54 Å². The Morgan fingerprint density at radius 1 is 1.52 bits per heavy atom. The van der Waals surface area contributed by atoms with E-state index in [1.165, 1.54) is 11.3 Å². The number of aliphatic hydroxyl groups is 1. The molecule has 21 heavy (non-hydrogen) atoms. The summed E-state index contributed by atoms with van der Waals surface area (Å²) in [5, 5.41) is 19.8. The van der Waals surface area contributed by atoms with Crippen LogP contribution in [0.1, 0.15) is 48.9 Å². The second kappa shape index (κ2) is 5.00. The van der Waals surface area contributed by atoms with E-state index < -0.39 is 17.7 Å². The molecule has 0 spiro atoms. The summed E-state index contributed by atoms with van der Waals surface area (Å²) in [4.78, 5) is 15.3. The fourth-order valence-electron chi connectivity index (χ4n) is 3.03. The molecule has 112 valence electrons. The molecule has 0 bridgehead atoms. The summed E-state index contributed by atoms with van der Waals surface area (Å²) in [6.07, 6.45) is 1.56. The first-order valence-corrected chi connectivity index (χ1v) is 7.96. The molecule has 2 aliphatic rings. The summed E-state index contributed by atoms with van der Waals surface area (Å²) in [5.74, 6) is 0.691. The van der Waals surface area contributed by atoms with Gasteiger partial charge in [0.2, 0.25) is 5.91 Å². The van der Waals surface area contributed by atoms with Crippen LogP contribution in [0.4, 0.5) is 0 Å². The zero-order valence-electron chi connectivity index (χ0n) is 12.1. The van der Waals surface area contributed by atoms with Crippen LogP contribution in [0, 0.1) is 11.3 Å². The van der Waals surface area contributed by atoms with Crippen molar-refractivity contribution in [3.8, 4) is 11.8 Å². The Bertz CT molecular complexity index is 617. The minimum absolute atomic E-state index is 0.0702. The first-order chi connectivity index (χ1) is 9.94. The van der Waals surface area contributed by atoms with E-state index in [9.17, 15) is 9.90 Å². The molecular formula is C15H18N2O3S. The highest BCUT2D eigenvalue weighted by Gasteiger charge is 2.48. The highest BCUT2D eigenvalue weighted by molar-refractivity contribution is 7.13. The fraction of sp³-hybridized carbons (Fsp3) is 0.600. The number of piperidine rings is 1. The Morgan fingerprint density at radius 2 is 2.29 bits per heavy atom. The average molecular weight is 306 g/mol. The number of likely N-dealkylation sites (tertiary alicyclic amines) is 1. The molecule has 0 radical (unpaired) electrons. The van der Waals surface area contributed by atoms with Gasteiger partial charge < -0.3 is 14.7 Å². The molecule has 0 saturated carbocycles. The van der Waals surface area contributed by atoms with Gasteiger partial charge in [0.25, 0.3) is 0 Å².